The van der Waals surface area contributed by atoms with Gasteiger partial charge in [0.15, 0.2) is 9.84 Å². The van der Waals surface area contributed by atoms with Crippen LogP contribution in [0.15, 0.2) is 11.5 Å². The van der Waals surface area contributed by atoms with Crippen LogP contribution in [-0.2, 0) is 33.9 Å². The standard InChI is InChI=1S/C16H21N3O3S/c1-11-13-3-2-4-14(13)19-15(18-11)5-7-17-16(20)9-12-6-8-23(21,22)10-12/h6,8,12H,2-5,7,9-10H2,1H3,(H,17,20). The molecule has 0 saturated heterocycles. The lowest BCUT2D eigenvalue weighted by molar-refractivity contribution is -0.121. The van der Waals surface area contributed by atoms with E-state index in [-0.39, 0.29) is 24.0 Å². The normalized spacial score (nSPS) is 21.3. The maximum Gasteiger partial charge on any atom is 0.220 e. The highest BCUT2D eigenvalue weighted by Gasteiger charge is 2.23. The van der Waals surface area contributed by atoms with E-state index in [9.17, 15) is 13.2 Å². The average Bonchev–Trinajstić information content (AvgIpc) is 3.05. The van der Waals surface area contributed by atoms with E-state index in [1.54, 1.807) is 6.08 Å². The lowest BCUT2D eigenvalue weighted by Gasteiger charge is -2.09. The smallest absolute Gasteiger partial charge is 0.220 e. The van der Waals surface area contributed by atoms with E-state index in [1.807, 2.05) is 6.92 Å². The Morgan fingerprint density at radius 3 is 2.91 bits per heavy atom. The number of carbonyl (C=O) groups excluding carboxylic acids is 1. The Bertz CT molecular complexity index is 756. The van der Waals surface area contributed by atoms with Crippen molar-refractivity contribution in [1.29, 1.82) is 0 Å². The fourth-order valence-corrected chi connectivity index (χ4v) is 4.58. The SMILES string of the molecule is Cc1nc(CCNC(=O)CC2C=CS(=O)(=O)C2)nc2c1CCC2. The number of rotatable bonds is 5. The van der Waals surface area contributed by atoms with Crippen molar-refractivity contribution in [3.8, 4) is 0 Å². The topological polar surface area (TPSA) is 89.0 Å². The predicted octanol–water partition coefficient (Wildman–Crippen LogP) is 0.881. The molecule has 1 aromatic heterocycles. The minimum absolute atomic E-state index is 0.0353. The number of nitrogens with one attached hydrogen (secondary N) is 1. The molecule has 2 aliphatic rings. The fourth-order valence-electron chi connectivity index (χ4n) is 3.19. The van der Waals surface area contributed by atoms with Gasteiger partial charge in [-0.3, -0.25) is 4.79 Å². The average molecular weight is 335 g/mol. The Morgan fingerprint density at radius 1 is 1.35 bits per heavy atom. The summed E-state index contributed by atoms with van der Waals surface area (Å²) in [6, 6.07) is 0. The summed E-state index contributed by atoms with van der Waals surface area (Å²) in [6.07, 6.45) is 5.62. The molecule has 3 rings (SSSR count). The zero-order valence-corrected chi connectivity index (χ0v) is 14.0. The van der Waals surface area contributed by atoms with Gasteiger partial charge >= 0.3 is 0 Å². The molecule has 0 radical (unpaired) electrons. The van der Waals surface area contributed by atoms with Crippen LogP contribution in [0.3, 0.4) is 0 Å². The third-order valence-corrected chi connectivity index (χ3v) is 5.77. The number of sulfone groups is 1. The highest BCUT2D eigenvalue weighted by Crippen LogP contribution is 2.22. The summed E-state index contributed by atoms with van der Waals surface area (Å²) in [5.74, 6) is 0.466. The third-order valence-electron chi connectivity index (χ3n) is 4.31. The van der Waals surface area contributed by atoms with Crippen LogP contribution in [0.1, 0.15) is 35.6 Å². The summed E-state index contributed by atoms with van der Waals surface area (Å²) < 4.78 is 22.6. The maximum atomic E-state index is 11.9. The molecule has 1 unspecified atom stereocenters. The van der Waals surface area contributed by atoms with Gasteiger partial charge in [-0.05, 0) is 31.7 Å². The molecule has 1 amide bonds. The van der Waals surface area contributed by atoms with E-state index in [2.05, 4.69) is 15.3 Å². The molecule has 0 aromatic carbocycles. The number of aromatic nitrogens is 2. The van der Waals surface area contributed by atoms with Crippen LogP contribution in [0, 0.1) is 12.8 Å². The van der Waals surface area contributed by atoms with Crippen molar-refractivity contribution >= 4 is 15.7 Å². The first-order valence-electron chi connectivity index (χ1n) is 7.96. The van der Waals surface area contributed by atoms with Crippen molar-refractivity contribution in [2.45, 2.75) is 39.0 Å². The first kappa shape index (κ1) is 16.1. The second-order valence-corrected chi connectivity index (χ2v) is 8.16. The van der Waals surface area contributed by atoms with Crippen LogP contribution < -0.4 is 5.32 Å². The van der Waals surface area contributed by atoms with Gasteiger partial charge in [0, 0.05) is 42.1 Å². The van der Waals surface area contributed by atoms with E-state index in [0.717, 1.165) is 36.5 Å². The summed E-state index contributed by atoms with van der Waals surface area (Å²) in [5, 5.41) is 4.03. The predicted molar refractivity (Wildman–Crippen MR) is 86.5 cm³/mol. The molecule has 1 aliphatic carbocycles. The molecule has 0 spiro atoms. The summed E-state index contributed by atoms with van der Waals surface area (Å²) in [5.41, 5.74) is 3.49. The zero-order valence-electron chi connectivity index (χ0n) is 13.2. The Hall–Kier alpha value is -1.76. The molecule has 23 heavy (non-hydrogen) atoms. The van der Waals surface area contributed by atoms with Crippen molar-refractivity contribution in [1.82, 2.24) is 15.3 Å². The van der Waals surface area contributed by atoms with Crippen molar-refractivity contribution in [3.05, 3.63) is 34.3 Å². The first-order chi connectivity index (χ1) is 10.9. The van der Waals surface area contributed by atoms with Gasteiger partial charge in [0.25, 0.3) is 0 Å². The highest BCUT2D eigenvalue weighted by atomic mass is 32.2. The largest absolute Gasteiger partial charge is 0.356 e. The lowest BCUT2D eigenvalue weighted by Crippen LogP contribution is -2.28. The number of nitrogens with zero attached hydrogens (tertiary/aromatic N) is 2. The highest BCUT2D eigenvalue weighted by molar-refractivity contribution is 7.94. The van der Waals surface area contributed by atoms with Gasteiger partial charge in [-0.25, -0.2) is 18.4 Å². The van der Waals surface area contributed by atoms with E-state index in [0.29, 0.717) is 13.0 Å². The monoisotopic (exact) mass is 335 g/mol. The Balaban J connectivity index is 1.47. The number of fused-ring (bicyclic) bond motifs is 1. The molecular weight excluding hydrogens is 314 g/mol. The Kier molecular flexibility index (Phi) is 4.48. The second kappa shape index (κ2) is 6.39. The van der Waals surface area contributed by atoms with E-state index in [1.165, 1.54) is 11.0 Å². The first-order valence-corrected chi connectivity index (χ1v) is 9.67. The minimum atomic E-state index is -3.10. The van der Waals surface area contributed by atoms with Gasteiger partial charge in [-0.2, -0.15) is 0 Å². The summed E-state index contributed by atoms with van der Waals surface area (Å²) >= 11 is 0. The number of amides is 1. The summed E-state index contributed by atoms with van der Waals surface area (Å²) in [6.45, 7) is 2.49. The second-order valence-electron chi connectivity index (χ2n) is 6.23. The van der Waals surface area contributed by atoms with Crippen LogP contribution in [-0.4, -0.2) is 36.6 Å². The van der Waals surface area contributed by atoms with Gasteiger partial charge in [0.05, 0.1) is 5.75 Å². The zero-order chi connectivity index (χ0) is 16.4. The van der Waals surface area contributed by atoms with Crippen LogP contribution in [0.5, 0.6) is 0 Å². The van der Waals surface area contributed by atoms with Crippen LogP contribution in [0.2, 0.25) is 0 Å². The molecular formula is C16H21N3O3S. The molecule has 0 fully saturated rings. The van der Waals surface area contributed by atoms with Crippen LogP contribution in [0.4, 0.5) is 0 Å². The molecule has 0 bridgehead atoms. The fraction of sp³-hybridized carbons (Fsp3) is 0.562. The molecule has 1 aromatic rings. The molecule has 1 aliphatic heterocycles. The van der Waals surface area contributed by atoms with E-state index < -0.39 is 9.84 Å². The van der Waals surface area contributed by atoms with Crippen LogP contribution >= 0.6 is 0 Å². The van der Waals surface area contributed by atoms with Crippen LogP contribution in [0.25, 0.3) is 0 Å². The quantitative estimate of drug-likeness (QED) is 0.863. The molecule has 7 heteroatoms. The molecule has 2 heterocycles. The van der Waals surface area contributed by atoms with Gasteiger partial charge in [-0.15, -0.1) is 0 Å². The van der Waals surface area contributed by atoms with Crippen molar-refractivity contribution < 1.29 is 13.2 Å². The molecule has 124 valence electrons. The molecule has 0 saturated carbocycles. The number of hydrogen-bond donors (Lipinski definition) is 1. The summed E-state index contributed by atoms with van der Waals surface area (Å²) in [4.78, 5) is 21.0. The molecule has 1 N–H and O–H groups in total. The molecule has 6 nitrogen and oxygen atoms in total. The van der Waals surface area contributed by atoms with E-state index >= 15 is 0 Å². The van der Waals surface area contributed by atoms with Gasteiger partial charge in [0.1, 0.15) is 5.82 Å². The molecule has 1 atom stereocenters. The number of allylic oxidation sites excluding steroid dienone is 1. The van der Waals surface area contributed by atoms with Crippen molar-refractivity contribution in [2.24, 2.45) is 5.92 Å². The Labute approximate surface area is 136 Å². The number of hydrogen-bond acceptors (Lipinski definition) is 5. The number of carbonyl (C=O) groups is 1. The summed E-state index contributed by atoms with van der Waals surface area (Å²) in [7, 11) is -3.10. The van der Waals surface area contributed by atoms with Crippen molar-refractivity contribution in [3.63, 3.8) is 0 Å². The maximum absolute atomic E-state index is 11.9. The van der Waals surface area contributed by atoms with Gasteiger partial charge in [-0.1, -0.05) is 6.08 Å². The van der Waals surface area contributed by atoms with Gasteiger partial charge < -0.3 is 5.32 Å². The Morgan fingerprint density at radius 2 is 2.17 bits per heavy atom. The number of aryl methyl sites for hydroxylation is 2. The van der Waals surface area contributed by atoms with E-state index in [4.69, 9.17) is 0 Å². The third kappa shape index (κ3) is 3.96. The lowest BCUT2D eigenvalue weighted by atomic mass is 10.1. The van der Waals surface area contributed by atoms with Crippen molar-refractivity contribution in [2.75, 3.05) is 12.3 Å². The minimum Gasteiger partial charge on any atom is -0.356 e. The van der Waals surface area contributed by atoms with Gasteiger partial charge in [0.2, 0.25) is 5.91 Å².